The SMILES string of the molecule is COc1cccc(CN(CCO)Cc2ncc[nH]2)c1OCCCN(C)C. The zero-order valence-electron chi connectivity index (χ0n) is 15.9. The van der Waals surface area contributed by atoms with E-state index in [1.54, 1.807) is 19.5 Å². The fourth-order valence-corrected chi connectivity index (χ4v) is 2.76. The molecule has 7 nitrogen and oxygen atoms in total. The summed E-state index contributed by atoms with van der Waals surface area (Å²) in [6.45, 7) is 3.51. The highest BCUT2D eigenvalue weighted by atomic mass is 16.5. The van der Waals surface area contributed by atoms with Crippen LogP contribution >= 0.6 is 0 Å². The lowest BCUT2D eigenvalue weighted by Gasteiger charge is -2.23. The molecule has 2 rings (SSSR count). The van der Waals surface area contributed by atoms with Crippen LogP contribution in [0.4, 0.5) is 0 Å². The van der Waals surface area contributed by atoms with Crippen LogP contribution in [0.3, 0.4) is 0 Å². The molecule has 0 spiro atoms. The van der Waals surface area contributed by atoms with Gasteiger partial charge in [-0.15, -0.1) is 0 Å². The number of ether oxygens (including phenoxy) is 2. The molecule has 0 bridgehead atoms. The van der Waals surface area contributed by atoms with Crippen LogP contribution in [0.1, 0.15) is 17.8 Å². The molecule has 0 radical (unpaired) electrons. The Bertz CT molecular complexity index is 632. The topological polar surface area (TPSA) is 73.8 Å². The number of imidazole rings is 1. The molecule has 1 aromatic carbocycles. The molecule has 0 amide bonds. The number of hydrogen-bond donors (Lipinski definition) is 2. The van der Waals surface area contributed by atoms with E-state index < -0.39 is 0 Å². The minimum Gasteiger partial charge on any atom is -0.493 e. The zero-order valence-corrected chi connectivity index (χ0v) is 15.9. The van der Waals surface area contributed by atoms with E-state index in [0.29, 0.717) is 26.2 Å². The Balaban J connectivity index is 2.09. The number of nitrogens with zero attached hydrogens (tertiary/aromatic N) is 3. The van der Waals surface area contributed by atoms with Crippen LogP contribution in [0.5, 0.6) is 11.5 Å². The van der Waals surface area contributed by atoms with Crippen LogP contribution in [0, 0.1) is 0 Å². The number of hydrogen-bond acceptors (Lipinski definition) is 6. The quantitative estimate of drug-likeness (QED) is 0.561. The van der Waals surface area contributed by atoms with Crippen molar-refractivity contribution in [3.05, 3.63) is 42.0 Å². The largest absolute Gasteiger partial charge is 0.493 e. The van der Waals surface area contributed by atoms with Crippen molar-refractivity contribution in [3.8, 4) is 11.5 Å². The first kappa shape index (κ1) is 20.2. The van der Waals surface area contributed by atoms with Crippen molar-refractivity contribution in [2.45, 2.75) is 19.5 Å². The van der Waals surface area contributed by atoms with E-state index in [9.17, 15) is 5.11 Å². The number of aromatic amines is 1. The van der Waals surface area contributed by atoms with E-state index in [0.717, 1.165) is 35.9 Å². The predicted molar refractivity (Wildman–Crippen MR) is 101 cm³/mol. The Kier molecular flexibility index (Phi) is 8.40. The van der Waals surface area contributed by atoms with Crippen molar-refractivity contribution in [1.82, 2.24) is 19.8 Å². The van der Waals surface area contributed by atoms with Gasteiger partial charge < -0.3 is 24.5 Å². The number of aromatic nitrogens is 2. The number of aliphatic hydroxyl groups is 1. The second kappa shape index (κ2) is 10.8. The summed E-state index contributed by atoms with van der Waals surface area (Å²) in [7, 11) is 5.76. The molecule has 2 N–H and O–H groups in total. The highest BCUT2D eigenvalue weighted by molar-refractivity contribution is 5.46. The molecule has 7 heteroatoms. The molecule has 2 aromatic rings. The Morgan fingerprint density at radius 3 is 2.69 bits per heavy atom. The Morgan fingerprint density at radius 2 is 2.04 bits per heavy atom. The number of H-pyrrole nitrogens is 1. The third-order valence-electron chi connectivity index (χ3n) is 4.01. The van der Waals surface area contributed by atoms with E-state index in [-0.39, 0.29) is 6.61 Å². The summed E-state index contributed by atoms with van der Waals surface area (Å²) in [5, 5.41) is 9.41. The molecule has 0 unspecified atom stereocenters. The van der Waals surface area contributed by atoms with Gasteiger partial charge in [0.15, 0.2) is 11.5 Å². The van der Waals surface area contributed by atoms with Gasteiger partial charge in [0.05, 0.1) is 26.9 Å². The number of aliphatic hydroxyl groups excluding tert-OH is 1. The number of methoxy groups -OCH3 is 1. The summed E-state index contributed by atoms with van der Waals surface area (Å²) in [5.74, 6) is 2.38. The maximum absolute atomic E-state index is 9.41. The molecule has 0 aliphatic carbocycles. The smallest absolute Gasteiger partial charge is 0.165 e. The second-order valence-corrected chi connectivity index (χ2v) is 6.42. The molecule has 0 aliphatic rings. The molecule has 1 aromatic heterocycles. The molecular formula is C19H30N4O3. The van der Waals surface area contributed by atoms with E-state index in [2.05, 4.69) is 33.9 Å². The van der Waals surface area contributed by atoms with Crippen LogP contribution in [0.2, 0.25) is 0 Å². The summed E-state index contributed by atoms with van der Waals surface area (Å²) in [6.07, 6.45) is 4.48. The first-order chi connectivity index (χ1) is 12.6. The summed E-state index contributed by atoms with van der Waals surface area (Å²) in [4.78, 5) is 11.6. The normalized spacial score (nSPS) is 11.3. The molecule has 0 fully saturated rings. The third-order valence-corrected chi connectivity index (χ3v) is 4.01. The van der Waals surface area contributed by atoms with Gasteiger partial charge in [-0.1, -0.05) is 12.1 Å². The summed E-state index contributed by atoms with van der Waals surface area (Å²) in [6, 6.07) is 5.91. The van der Waals surface area contributed by atoms with E-state index in [4.69, 9.17) is 9.47 Å². The molecule has 0 saturated carbocycles. The maximum atomic E-state index is 9.41. The third kappa shape index (κ3) is 6.33. The van der Waals surface area contributed by atoms with Crippen LogP contribution in [0.15, 0.2) is 30.6 Å². The average Bonchev–Trinajstić information content (AvgIpc) is 3.12. The van der Waals surface area contributed by atoms with Gasteiger partial charge in [0.2, 0.25) is 0 Å². The predicted octanol–water partition coefficient (Wildman–Crippen LogP) is 1.74. The highest BCUT2D eigenvalue weighted by Crippen LogP contribution is 2.32. The van der Waals surface area contributed by atoms with Gasteiger partial charge in [0.25, 0.3) is 0 Å². The van der Waals surface area contributed by atoms with Gasteiger partial charge in [-0.25, -0.2) is 4.98 Å². The number of benzene rings is 1. The fourth-order valence-electron chi connectivity index (χ4n) is 2.76. The van der Waals surface area contributed by atoms with Crippen molar-refractivity contribution < 1.29 is 14.6 Å². The van der Waals surface area contributed by atoms with Crippen molar-refractivity contribution in [1.29, 1.82) is 0 Å². The molecule has 0 saturated heterocycles. The van der Waals surface area contributed by atoms with Crippen molar-refractivity contribution in [2.24, 2.45) is 0 Å². The van der Waals surface area contributed by atoms with Crippen LogP contribution in [-0.2, 0) is 13.1 Å². The van der Waals surface area contributed by atoms with Gasteiger partial charge in [-0.3, -0.25) is 4.90 Å². The highest BCUT2D eigenvalue weighted by Gasteiger charge is 2.15. The van der Waals surface area contributed by atoms with Crippen LogP contribution < -0.4 is 9.47 Å². The Hall–Kier alpha value is -2.09. The van der Waals surface area contributed by atoms with Gasteiger partial charge in [-0.05, 0) is 26.6 Å². The van der Waals surface area contributed by atoms with Gasteiger partial charge >= 0.3 is 0 Å². The van der Waals surface area contributed by atoms with E-state index >= 15 is 0 Å². The summed E-state index contributed by atoms with van der Waals surface area (Å²) >= 11 is 0. The summed E-state index contributed by atoms with van der Waals surface area (Å²) < 4.78 is 11.5. The minimum atomic E-state index is 0.0870. The molecular weight excluding hydrogens is 332 g/mol. The van der Waals surface area contributed by atoms with Crippen LogP contribution in [-0.4, -0.2) is 72.4 Å². The Labute approximate surface area is 155 Å². The monoisotopic (exact) mass is 362 g/mol. The zero-order chi connectivity index (χ0) is 18.8. The van der Waals surface area contributed by atoms with Gasteiger partial charge in [0, 0.05) is 37.6 Å². The van der Waals surface area contributed by atoms with Crippen molar-refractivity contribution in [3.63, 3.8) is 0 Å². The Morgan fingerprint density at radius 1 is 1.19 bits per heavy atom. The first-order valence-corrected chi connectivity index (χ1v) is 8.89. The summed E-state index contributed by atoms with van der Waals surface area (Å²) in [5.41, 5.74) is 1.04. The number of nitrogens with one attached hydrogen (secondary N) is 1. The van der Waals surface area contributed by atoms with Gasteiger partial charge in [0.1, 0.15) is 5.82 Å². The molecule has 0 atom stereocenters. The number of para-hydroxylation sites is 1. The molecule has 26 heavy (non-hydrogen) atoms. The van der Waals surface area contributed by atoms with Crippen molar-refractivity contribution >= 4 is 0 Å². The first-order valence-electron chi connectivity index (χ1n) is 8.89. The lowest BCUT2D eigenvalue weighted by molar-refractivity contribution is 0.178. The molecule has 1 heterocycles. The molecule has 0 aliphatic heterocycles. The van der Waals surface area contributed by atoms with Crippen LogP contribution in [0.25, 0.3) is 0 Å². The number of rotatable bonds is 12. The standard InChI is InChI=1S/C19H30N4O3/c1-22(2)10-5-13-26-19-16(6-4-7-17(19)25-3)14-23(11-12-24)15-18-20-8-9-21-18/h4,6-9,24H,5,10-15H2,1-3H3,(H,20,21). The van der Waals surface area contributed by atoms with E-state index in [1.165, 1.54) is 0 Å². The maximum Gasteiger partial charge on any atom is 0.165 e. The second-order valence-electron chi connectivity index (χ2n) is 6.42. The molecule has 144 valence electrons. The van der Waals surface area contributed by atoms with Gasteiger partial charge in [-0.2, -0.15) is 0 Å². The average molecular weight is 362 g/mol. The minimum absolute atomic E-state index is 0.0870. The lowest BCUT2D eigenvalue weighted by atomic mass is 10.1. The van der Waals surface area contributed by atoms with Crippen molar-refractivity contribution in [2.75, 3.05) is 47.5 Å². The lowest BCUT2D eigenvalue weighted by Crippen LogP contribution is -2.27. The van der Waals surface area contributed by atoms with E-state index in [1.807, 2.05) is 18.2 Å². The fraction of sp³-hybridized carbons (Fsp3) is 0.526.